The number of ether oxygens (including phenoxy) is 1. The smallest absolute Gasteiger partial charge is 0.255 e. The second kappa shape index (κ2) is 3.23. The van der Waals surface area contributed by atoms with Crippen molar-refractivity contribution in [3.63, 3.8) is 0 Å². The lowest BCUT2D eigenvalue weighted by Crippen LogP contribution is -2.57. The van der Waals surface area contributed by atoms with E-state index in [1.165, 1.54) is 10.9 Å². The van der Waals surface area contributed by atoms with Crippen molar-refractivity contribution in [1.29, 1.82) is 0 Å². The Bertz CT molecular complexity index is 560. The lowest BCUT2D eigenvalue weighted by atomic mass is 10.1. The van der Waals surface area contributed by atoms with Gasteiger partial charge in [0.2, 0.25) is 16.3 Å². The van der Waals surface area contributed by atoms with Crippen LogP contribution in [-0.2, 0) is 0 Å². The van der Waals surface area contributed by atoms with Gasteiger partial charge < -0.3 is 4.74 Å². The maximum absolute atomic E-state index is 6.05. The Hall–Kier alpha value is -1.04. The molecule has 16 heavy (non-hydrogen) atoms. The Labute approximate surface area is 103 Å². The van der Waals surface area contributed by atoms with Crippen LogP contribution in [0.2, 0.25) is 0 Å². The Morgan fingerprint density at radius 1 is 1.31 bits per heavy atom. The highest BCUT2D eigenvalue weighted by atomic mass is 27.0. The van der Waals surface area contributed by atoms with Gasteiger partial charge in [-0.15, -0.1) is 0 Å². The van der Waals surface area contributed by atoms with E-state index in [9.17, 15) is 0 Å². The first-order valence-electron chi connectivity index (χ1n) is 5.50. The highest BCUT2D eigenvalue weighted by Gasteiger charge is 2.39. The van der Waals surface area contributed by atoms with Gasteiger partial charge in [0, 0.05) is 13.0 Å². The average Bonchev–Trinajstić information content (AvgIpc) is 2.26. The molecule has 1 unspecified atom stereocenters. The van der Waals surface area contributed by atoms with E-state index in [1.807, 2.05) is 12.1 Å². The van der Waals surface area contributed by atoms with Crippen LogP contribution in [0.5, 0.6) is 5.75 Å². The van der Waals surface area contributed by atoms with Gasteiger partial charge >= 0.3 is 0 Å². The van der Waals surface area contributed by atoms with Crippen LogP contribution >= 0.6 is 0 Å². The minimum atomic E-state index is -0.243. The number of benzene rings is 1. The molecule has 1 aliphatic heterocycles. The van der Waals surface area contributed by atoms with E-state index in [2.05, 4.69) is 59.1 Å². The van der Waals surface area contributed by atoms with Gasteiger partial charge in [-0.3, -0.25) is 0 Å². The van der Waals surface area contributed by atoms with Crippen LogP contribution in [0.15, 0.2) is 36.5 Å². The second-order valence-electron chi connectivity index (χ2n) is 4.57. The monoisotopic (exact) mass is 226 g/mol. The molecule has 0 spiro atoms. The zero-order valence-electron chi connectivity index (χ0n) is 9.47. The van der Waals surface area contributed by atoms with E-state index < -0.39 is 0 Å². The first kappa shape index (κ1) is 10.1. The second-order valence-corrected chi connectivity index (χ2v) is 5.72. The summed E-state index contributed by atoms with van der Waals surface area (Å²) >= 11 is 2.81. The Kier molecular flexibility index (Phi) is 2.04. The van der Waals surface area contributed by atoms with Crippen molar-refractivity contribution in [2.45, 2.75) is 24.4 Å². The first-order chi connectivity index (χ1) is 7.59. The largest absolute Gasteiger partial charge is 0.493 e. The van der Waals surface area contributed by atoms with Crippen LogP contribution in [0, 0.1) is 0 Å². The van der Waals surface area contributed by atoms with Crippen LogP contribution in [-0.4, -0.2) is 20.8 Å². The fourth-order valence-corrected chi connectivity index (χ4v) is 2.56. The zero-order valence-corrected chi connectivity index (χ0v) is 10.6. The summed E-state index contributed by atoms with van der Waals surface area (Å²) in [6.07, 6.45) is 2.13. The highest BCUT2D eigenvalue weighted by Crippen LogP contribution is 2.33. The number of hydrogen-bond donors (Lipinski definition) is 0. The minimum absolute atomic E-state index is 0.243. The number of para-hydroxylation sites is 1. The molecule has 2 atom stereocenters. The summed E-state index contributed by atoms with van der Waals surface area (Å²) in [6.45, 7) is 4.28. The Morgan fingerprint density at radius 3 is 2.88 bits per heavy atom. The van der Waals surface area contributed by atoms with Crippen LogP contribution in [0.25, 0.3) is 10.9 Å². The third kappa shape index (κ3) is 1.29. The van der Waals surface area contributed by atoms with Gasteiger partial charge in [-0.05, 0) is 25.1 Å². The summed E-state index contributed by atoms with van der Waals surface area (Å²) in [5, 5.41) is 1.23. The van der Waals surface area contributed by atoms with Crippen molar-refractivity contribution in [1.82, 2.24) is 0 Å². The maximum Gasteiger partial charge on any atom is 0.255 e. The molecule has 2 aromatic rings. The number of nitrogens with zero attached hydrogens (tertiary/aromatic N) is 1. The van der Waals surface area contributed by atoms with E-state index in [1.54, 1.807) is 0 Å². The van der Waals surface area contributed by atoms with Gasteiger partial charge in [-0.2, -0.15) is 4.57 Å². The molecular weight excluding hydrogens is 213 g/mol. The van der Waals surface area contributed by atoms with Crippen molar-refractivity contribution < 1.29 is 9.30 Å². The van der Waals surface area contributed by atoms with Crippen molar-refractivity contribution in [2.75, 3.05) is 0 Å². The molecule has 0 amide bonds. The fourth-order valence-electron chi connectivity index (χ4n) is 2.27. The molecule has 1 aromatic heterocycles. The Balaban J connectivity index is 2.40. The van der Waals surface area contributed by atoms with Crippen LogP contribution in [0.4, 0.5) is 0 Å². The van der Waals surface area contributed by atoms with Gasteiger partial charge in [0.25, 0.3) is 5.52 Å². The molecule has 1 aromatic carbocycles. The molecule has 2 heterocycles. The van der Waals surface area contributed by atoms with Crippen LogP contribution in [0.1, 0.15) is 19.9 Å². The molecule has 0 bridgehead atoms. The molecule has 2 radical (unpaired) electrons. The predicted molar refractivity (Wildman–Crippen MR) is 63.6 cm³/mol. The Morgan fingerprint density at radius 2 is 2.06 bits per heavy atom. The third-order valence-corrected chi connectivity index (χ3v) is 3.99. The van der Waals surface area contributed by atoms with Crippen molar-refractivity contribution >= 4 is 27.2 Å². The lowest BCUT2D eigenvalue weighted by molar-refractivity contribution is -0.709. The standard InChI is InChI=1S/C13H13NO.Al/c1-9-10(2)15-12-7-3-5-11-6-4-8-14(9)13(11)12;/h3-9H,1-2H3;/q+1;/t9-;/m1./s1. The molecule has 0 fully saturated rings. The van der Waals surface area contributed by atoms with Crippen LogP contribution in [0.3, 0.4) is 0 Å². The number of pyridine rings is 1. The number of rotatable bonds is 0. The average molecular weight is 226 g/mol. The van der Waals surface area contributed by atoms with E-state index in [0.717, 1.165) is 5.75 Å². The fraction of sp³-hybridized carbons (Fsp3) is 0.308. The third-order valence-electron chi connectivity index (χ3n) is 3.39. The molecule has 0 N–H and O–H groups in total. The first-order valence-corrected chi connectivity index (χ1v) is 6.08. The molecular formula is C13H13AlNO+. The summed E-state index contributed by atoms with van der Waals surface area (Å²) in [5.41, 5.74) is 1.19. The van der Waals surface area contributed by atoms with Gasteiger partial charge in [-0.1, -0.05) is 6.07 Å². The maximum atomic E-state index is 6.05. The summed E-state index contributed by atoms with van der Waals surface area (Å²) in [6, 6.07) is 10.7. The molecule has 3 heteroatoms. The highest BCUT2D eigenvalue weighted by molar-refractivity contribution is 6.15. The van der Waals surface area contributed by atoms with Gasteiger partial charge in [0.1, 0.15) is 0 Å². The molecule has 78 valence electrons. The van der Waals surface area contributed by atoms with Crippen molar-refractivity contribution in [2.24, 2.45) is 0 Å². The summed E-state index contributed by atoms with van der Waals surface area (Å²) in [4.78, 5) is 0. The number of hydrogen-bond acceptors (Lipinski definition) is 1. The minimum Gasteiger partial charge on any atom is -0.493 e. The predicted octanol–water partition coefficient (Wildman–Crippen LogP) is 1.97. The van der Waals surface area contributed by atoms with E-state index in [4.69, 9.17) is 4.74 Å². The van der Waals surface area contributed by atoms with E-state index >= 15 is 0 Å². The van der Waals surface area contributed by atoms with E-state index in [0.29, 0.717) is 6.04 Å². The summed E-state index contributed by atoms with van der Waals surface area (Å²) in [7, 11) is 0. The SMILES string of the molecule is C[C@H]1[n+]2cccc3cccc(c32)O[C]1(C)[Al]. The molecule has 0 aliphatic carbocycles. The molecule has 0 saturated carbocycles. The summed E-state index contributed by atoms with van der Waals surface area (Å²) < 4.78 is 8.10. The van der Waals surface area contributed by atoms with Gasteiger partial charge in [0.05, 0.1) is 9.85 Å². The van der Waals surface area contributed by atoms with Crippen molar-refractivity contribution in [3.8, 4) is 5.75 Å². The molecule has 3 rings (SSSR count). The number of aromatic nitrogens is 1. The van der Waals surface area contributed by atoms with E-state index in [-0.39, 0.29) is 4.46 Å². The van der Waals surface area contributed by atoms with Gasteiger partial charge in [-0.25, -0.2) is 0 Å². The molecule has 1 aliphatic rings. The topological polar surface area (TPSA) is 13.1 Å². The van der Waals surface area contributed by atoms with Gasteiger partial charge in [0.15, 0.2) is 18.0 Å². The molecule has 2 nitrogen and oxygen atoms in total. The normalized spacial score (nSPS) is 27.8. The summed E-state index contributed by atoms with van der Waals surface area (Å²) in [5.74, 6) is 0.966. The molecule has 0 saturated heterocycles. The quantitative estimate of drug-likeness (QED) is 0.494. The van der Waals surface area contributed by atoms with Crippen molar-refractivity contribution in [3.05, 3.63) is 36.5 Å². The zero-order chi connectivity index (χ0) is 11.3. The lowest BCUT2D eigenvalue weighted by Gasteiger charge is -2.34. The van der Waals surface area contributed by atoms with Crippen LogP contribution < -0.4 is 9.30 Å².